The first-order valence-electron chi connectivity index (χ1n) is 8.64. The van der Waals surface area contributed by atoms with E-state index in [9.17, 15) is 4.79 Å². The van der Waals surface area contributed by atoms with Gasteiger partial charge in [0.2, 0.25) is 0 Å². The molecule has 1 amide bonds. The predicted molar refractivity (Wildman–Crippen MR) is 113 cm³/mol. The molecule has 0 saturated heterocycles. The van der Waals surface area contributed by atoms with Crippen molar-refractivity contribution in [2.45, 2.75) is 18.2 Å². The van der Waals surface area contributed by atoms with Crippen LogP contribution in [-0.2, 0) is 4.79 Å². The number of benzene rings is 2. The molecule has 0 saturated carbocycles. The third-order valence-corrected chi connectivity index (χ3v) is 5.66. The van der Waals surface area contributed by atoms with Gasteiger partial charge in [-0.25, -0.2) is 10.4 Å². The van der Waals surface area contributed by atoms with Crippen LogP contribution in [0.2, 0.25) is 0 Å². The van der Waals surface area contributed by atoms with Crippen molar-refractivity contribution in [3.63, 3.8) is 0 Å². The number of thiazole rings is 1. The lowest BCUT2D eigenvalue weighted by molar-refractivity contribution is -0.118. The summed E-state index contributed by atoms with van der Waals surface area (Å²) in [5, 5.41) is 4.05. The van der Waals surface area contributed by atoms with E-state index in [1.165, 1.54) is 11.8 Å². The Bertz CT molecular complexity index is 905. The number of thioether (sulfide) groups is 1. The third kappa shape index (κ3) is 5.80. The van der Waals surface area contributed by atoms with Gasteiger partial charge in [0.15, 0.2) is 4.34 Å². The normalized spacial score (nSPS) is 11.4. The second-order valence-corrected chi connectivity index (χ2v) is 8.53. The van der Waals surface area contributed by atoms with E-state index in [4.69, 9.17) is 4.74 Å². The highest BCUT2D eigenvalue weighted by Crippen LogP contribution is 2.29. The summed E-state index contributed by atoms with van der Waals surface area (Å²) in [4.78, 5) is 16.5. The lowest BCUT2D eigenvalue weighted by Crippen LogP contribution is -2.19. The Kier molecular flexibility index (Phi) is 6.84. The molecule has 0 aliphatic carbocycles. The van der Waals surface area contributed by atoms with Crippen LogP contribution in [0, 0.1) is 5.92 Å². The van der Waals surface area contributed by atoms with E-state index in [0.717, 1.165) is 25.9 Å². The van der Waals surface area contributed by atoms with Crippen LogP contribution in [0.4, 0.5) is 0 Å². The lowest BCUT2D eigenvalue weighted by Gasteiger charge is -2.10. The lowest BCUT2D eigenvalue weighted by atomic mass is 10.2. The molecule has 3 rings (SSSR count). The first-order chi connectivity index (χ1) is 13.1. The fourth-order valence-electron chi connectivity index (χ4n) is 2.22. The molecule has 140 valence electrons. The van der Waals surface area contributed by atoms with Crippen LogP contribution < -0.4 is 10.2 Å². The van der Waals surface area contributed by atoms with Crippen molar-refractivity contribution < 1.29 is 9.53 Å². The van der Waals surface area contributed by atoms with E-state index in [1.54, 1.807) is 17.6 Å². The second kappa shape index (κ2) is 9.53. The molecule has 1 heterocycles. The van der Waals surface area contributed by atoms with Crippen molar-refractivity contribution >= 4 is 45.4 Å². The molecule has 5 nitrogen and oxygen atoms in total. The number of hydrazone groups is 1. The average molecular weight is 400 g/mol. The van der Waals surface area contributed by atoms with Crippen LogP contribution in [0.3, 0.4) is 0 Å². The van der Waals surface area contributed by atoms with E-state index in [1.807, 2.05) is 48.5 Å². The number of fused-ring (bicyclic) bond motifs is 1. The number of nitrogens with one attached hydrogen (secondary N) is 1. The molecule has 0 radical (unpaired) electrons. The maximum atomic E-state index is 12.0. The molecule has 27 heavy (non-hydrogen) atoms. The molecule has 1 aromatic heterocycles. The van der Waals surface area contributed by atoms with Crippen molar-refractivity contribution in [3.05, 3.63) is 54.1 Å². The van der Waals surface area contributed by atoms with Gasteiger partial charge in [-0.3, -0.25) is 4.79 Å². The Hall–Kier alpha value is -2.38. The highest BCUT2D eigenvalue weighted by atomic mass is 32.2. The fraction of sp³-hybridized carbons (Fsp3) is 0.250. The maximum Gasteiger partial charge on any atom is 0.250 e. The molecule has 2 aromatic carbocycles. The predicted octanol–water partition coefficient (Wildman–Crippen LogP) is 4.57. The molecule has 0 spiro atoms. The number of rotatable bonds is 8. The number of hydrogen-bond donors (Lipinski definition) is 1. The molecule has 0 aliphatic rings. The number of para-hydroxylation sites is 2. The summed E-state index contributed by atoms with van der Waals surface area (Å²) in [6.07, 6.45) is 1.61. The van der Waals surface area contributed by atoms with Crippen molar-refractivity contribution in [2.24, 2.45) is 11.0 Å². The maximum absolute atomic E-state index is 12.0. The van der Waals surface area contributed by atoms with Crippen LogP contribution >= 0.6 is 23.1 Å². The molecule has 0 fully saturated rings. The zero-order valence-electron chi connectivity index (χ0n) is 15.2. The fourth-order valence-corrected chi connectivity index (χ4v) is 4.08. The summed E-state index contributed by atoms with van der Waals surface area (Å²) in [6, 6.07) is 15.6. The Morgan fingerprint density at radius 3 is 2.85 bits per heavy atom. The molecule has 0 bridgehead atoms. The van der Waals surface area contributed by atoms with Crippen LogP contribution in [0.1, 0.15) is 19.4 Å². The minimum atomic E-state index is -0.170. The van der Waals surface area contributed by atoms with Crippen LogP contribution in [0.5, 0.6) is 5.75 Å². The molecule has 0 unspecified atom stereocenters. The first-order valence-corrected chi connectivity index (χ1v) is 10.4. The number of carbonyl (C=O) groups excluding carboxylic acids is 1. The number of aromatic nitrogens is 1. The Morgan fingerprint density at radius 1 is 1.26 bits per heavy atom. The van der Waals surface area contributed by atoms with E-state index < -0.39 is 0 Å². The highest BCUT2D eigenvalue weighted by molar-refractivity contribution is 8.01. The zero-order chi connectivity index (χ0) is 19.1. The van der Waals surface area contributed by atoms with Gasteiger partial charge in [0.1, 0.15) is 5.75 Å². The molecule has 3 aromatic rings. The molecule has 0 atom stereocenters. The summed E-state index contributed by atoms with van der Waals surface area (Å²) in [5.74, 6) is 1.29. The molecule has 0 aliphatic heterocycles. The number of ether oxygens (including phenoxy) is 1. The SMILES string of the molecule is CC(C)COc1ccccc1/C=N\NC(=O)CSc1nc2ccccc2s1. The van der Waals surface area contributed by atoms with Crippen LogP contribution in [0.25, 0.3) is 10.2 Å². The Balaban J connectivity index is 1.51. The van der Waals surface area contributed by atoms with Gasteiger partial charge in [-0.05, 0) is 30.2 Å². The average Bonchev–Trinajstić information content (AvgIpc) is 3.08. The molecular weight excluding hydrogens is 378 g/mol. The first kappa shape index (κ1) is 19.4. The molecule has 1 N–H and O–H groups in total. The zero-order valence-corrected chi connectivity index (χ0v) is 16.8. The summed E-state index contributed by atoms with van der Waals surface area (Å²) >= 11 is 3.00. The van der Waals surface area contributed by atoms with E-state index in [-0.39, 0.29) is 11.7 Å². The van der Waals surface area contributed by atoms with Crippen molar-refractivity contribution in [1.29, 1.82) is 0 Å². The van der Waals surface area contributed by atoms with Gasteiger partial charge < -0.3 is 4.74 Å². The van der Waals surface area contributed by atoms with Gasteiger partial charge in [0.05, 0.1) is 28.8 Å². The van der Waals surface area contributed by atoms with E-state index >= 15 is 0 Å². The number of amides is 1. The summed E-state index contributed by atoms with van der Waals surface area (Å²) in [7, 11) is 0. The third-order valence-electron chi connectivity index (χ3n) is 3.49. The van der Waals surface area contributed by atoms with Gasteiger partial charge in [0, 0.05) is 5.56 Å². The summed E-state index contributed by atoms with van der Waals surface area (Å²) < 4.78 is 7.77. The van der Waals surface area contributed by atoms with Crippen molar-refractivity contribution in [3.8, 4) is 5.75 Å². The van der Waals surface area contributed by atoms with Crippen molar-refractivity contribution in [2.75, 3.05) is 12.4 Å². The van der Waals surface area contributed by atoms with Gasteiger partial charge in [0.25, 0.3) is 5.91 Å². The van der Waals surface area contributed by atoms with Crippen LogP contribution in [-0.4, -0.2) is 29.5 Å². The monoisotopic (exact) mass is 399 g/mol. The summed E-state index contributed by atoms with van der Waals surface area (Å²) in [6.45, 7) is 4.83. The second-order valence-electron chi connectivity index (χ2n) is 6.27. The van der Waals surface area contributed by atoms with Gasteiger partial charge in [-0.15, -0.1) is 11.3 Å². The Labute approximate surface area is 166 Å². The van der Waals surface area contributed by atoms with Gasteiger partial charge >= 0.3 is 0 Å². The standard InChI is InChI=1S/C20H21N3O2S2/c1-14(2)12-25-17-9-5-3-7-15(17)11-21-23-19(24)13-26-20-22-16-8-4-6-10-18(16)27-20/h3-11,14H,12-13H2,1-2H3,(H,23,24)/b21-11-. The topological polar surface area (TPSA) is 63.6 Å². The van der Waals surface area contributed by atoms with E-state index in [0.29, 0.717) is 12.5 Å². The van der Waals surface area contributed by atoms with Gasteiger partial charge in [-0.2, -0.15) is 5.10 Å². The smallest absolute Gasteiger partial charge is 0.250 e. The quantitative estimate of drug-likeness (QED) is 0.342. The number of hydrogen-bond acceptors (Lipinski definition) is 6. The van der Waals surface area contributed by atoms with Crippen molar-refractivity contribution in [1.82, 2.24) is 10.4 Å². The highest BCUT2D eigenvalue weighted by Gasteiger charge is 2.07. The number of carbonyl (C=O) groups is 1. The Morgan fingerprint density at radius 2 is 2.04 bits per heavy atom. The van der Waals surface area contributed by atoms with Gasteiger partial charge in [-0.1, -0.05) is 49.9 Å². The minimum Gasteiger partial charge on any atom is -0.493 e. The van der Waals surface area contributed by atoms with Crippen LogP contribution in [0.15, 0.2) is 58.0 Å². The molecule has 7 heteroatoms. The summed E-state index contributed by atoms with van der Waals surface area (Å²) in [5.41, 5.74) is 4.35. The largest absolute Gasteiger partial charge is 0.493 e. The number of nitrogens with zero attached hydrogens (tertiary/aromatic N) is 2. The minimum absolute atomic E-state index is 0.170. The van der Waals surface area contributed by atoms with E-state index in [2.05, 4.69) is 29.4 Å². The molecular formula is C20H21N3O2S2.